The molecule has 1 atom stereocenters. The molecule has 4 rings (SSSR count). The molecule has 7 nitrogen and oxygen atoms in total. The lowest BCUT2D eigenvalue weighted by molar-refractivity contribution is 0.0696. The summed E-state index contributed by atoms with van der Waals surface area (Å²) in [5, 5.41) is 16.7. The quantitative estimate of drug-likeness (QED) is 0.526. The Labute approximate surface area is 191 Å². The summed E-state index contributed by atoms with van der Waals surface area (Å²) in [4.78, 5) is 26.5. The van der Waals surface area contributed by atoms with Gasteiger partial charge in [0.05, 0.1) is 23.8 Å². The molecule has 0 aliphatic carbocycles. The van der Waals surface area contributed by atoms with Crippen LogP contribution in [0.5, 0.6) is 0 Å². The van der Waals surface area contributed by atoms with Gasteiger partial charge in [0.15, 0.2) is 0 Å². The van der Waals surface area contributed by atoms with E-state index in [1.165, 1.54) is 0 Å². The molecule has 2 aromatic carbocycles. The molecule has 0 spiro atoms. The number of aromatic nitrogens is 2. The highest BCUT2D eigenvalue weighted by atomic mass is 35.5. The van der Waals surface area contributed by atoms with Gasteiger partial charge in [0, 0.05) is 19.0 Å². The van der Waals surface area contributed by atoms with Crippen molar-refractivity contribution in [3.63, 3.8) is 0 Å². The number of hydrogen-bond acceptors (Lipinski definition) is 4. The molecule has 0 radical (unpaired) electrons. The smallest absolute Gasteiger partial charge is 0.335 e. The first-order valence-electron chi connectivity index (χ1n) is 10.5. The second kappa shape index (κ2) is 9.04. The molecular formula is C24H25ClN4O3. The summed E-state index contributed by atoms with van der Waals surface area (Å²) in [6.07, 6.45) is 0. The number of alkyl halides is 1. The molecule has 0 fully saturated rings. The molecule has 1 amide bonds. The number of carbonyl (C=O) groups is 2. The number of anilines is 1. The van der Waals surface area contributed by atoms with Crippen molar-refractivity contribution in [3.05, 3.63) is 82.0 Å². The van der Waals surface area contributed by atoms with Gasteiger partial charge in [-0.25, -0.2) is 9.48 Å². The number of aryl methyl sites for hydroxylation is 1. The van der Waals surface area contributed by atoms with Crippen LogP contribution >= 0.6 is 11.6 Å². The Bertz CT molecular complexity index is 1160. The second-order valence-corrected chi connectivity index (χ2v) is 8.27. The van der Waals surface area contributed by atoms with Crippen molar-refractivity contribution in [1.82, 2.24) is 15.1 Å². The van der Waals surface area contributed by atoms with E-state index in [1.807, 2.05) is 30.7 Å². The summed E-state index contributed by atoms with van der Waals surface area (Å²) >= 11 is 5.98. The maximum atomic E-state index is 13.2. The predicted molar refractivity (Wildman–Crippen MR) is 123 cm³/mol. The number of halogens is 1. The maximum absolute atomic E-state index is 13.2. The van der Waals surface area contributed by atoms with Gasteiger partial charge in [-0.2, -0.15) is 5.10 Å². The number of aromatic carboxylic acids is 1. The molecular weight excluding hydrogens is 428 g/mol. The van der Waals surface area contributed by atoms with Gasteiger partial charge >= 0.3 is 5.97 Å². The molecule has 3 aromatic rings. The van der Waals surface area contributed by atoms with Crippen LogP contribution in [0.4, 0.5) is 5.82 Å². The van der Waals surface area contributed by atoms with Crippen LogP contribution in [-0.4, -0.2) is 33.3 Å². The van der Waals surface area contributed by atoms with Crippen LogP contribution < -0.4 is 10.2 Å². The zero-order chi connectivity index (χ0) is 22.8. The number of hydrogen-bond donors (Lipinski definition) is 2. The van der Waals surface area contributed by atoms with Crippen molar-refractivity contribution in [1.29, 1.82) is 0 Å². The zero-order valence-corrected chi connectivity index (χ0v) is 18.8. The number of nitrogens with one attached hydrogen (secondary N) is 1. The SMILES string of the molecule is Cc1nn2c(c1C(=O)N[C@@H](C)c1ccc(C(=O)O)cc1)N(Cc1cccc(CCl)c1)CC2. The summed E-state index contributed by atoms with van der Waals surface area (Å²) in [7, 11) is 0. The Morgan fingerprint density at radius 3 is 2.56 bits per heavy atom. The third-order valence-corrected chi connectivity index (χ3v) is 6.04. The van der Waals surface area contributed by atoms with E-state index in [0.717, 1.165) is 35.6 Å². The number of amides is 1. The monoisotopic (exact) mass is 452 g/mol. The van der Waals surface area contributed by atoms with Crippen LogP contribution in [0.2, 0.25) is 0 Å². The third-order valence-electron chi connectivity index (χ3n) is 5.73. The van der Waals surface area contributed by atoms with Crippen molar-refractivity contribution in [3.8, 4) is 0 Å². The van der Waals surface area contributed by atoms with Gasteiger partial charge in [-0.15, -0.1) is 11.6 Å². The largest absolute Gasteiger partial charge is 0.478 e. The number of rotatable bonds is 7. The van der Waals surface area contributed by atoms with E-state index in [1.54, 1.807) is 24.3 Å². The lowest BCUT2D eigenvalue weighted by Gasteiger charge is -2.20. The van der Waals surface area contributed by atoms with Crippen molar-refractivity contribution in [2.45, 2.75) is 38.9 Å². The number of carboxylic acid groups (broad SMARTS) is 1. The molecule has 0 unspecified atom stereocenters. The van der Waals surface area contributed by atoms with Crippen LogP contribution in [0.1, 0.15) is 56.1 Å². The molecule has 1 aliphatic heterocycles. The average molecular weight is 453 g/mol. The van der Waals surface area contributed by atoms with Crippen molar-refractivity contribution in [2.24, 2.45) is 0 Å². The number of carboxylic acids is 1. The first-order chi connectivity index (χ1) is 15.4. The number of carbonyl (C=O) groups excluding carboxylic acids is 1. The zero-order valence-electron chi connectivity index (χ0n) is 18.0. The van der Waals surface area contributed by atoms with Crippen molar-refractivity contribution < 1.29 is 14.7 Å². The van der Waals surface area contributed by atoms with Gasteiger partial charge < -0.3 is 15.3 Å². The van der Waals surface area contributed by atoms with Gasteiger partial charge in [-0.3, -0.25) is 4.79 Å². The Balaban J connectivity index is 1.54. The highest BCUT2D eigenvalue weighted by molar-refractivity contribution is 6.17. The highest BCUT2D eigenvalue weighted by Gasteiger charge is 2.30. The minimum absolute atomic E-state index is 0.194. The molecule has 0 bridgehead atoms. The van der Waals surface area contributed by atoms with Gasteiger partial charge in [-0.05, 0) is 42.7 Å². The molecule has 2 heterocycles. The van der Waals surface area contributed by atoms with E-state index in [9.17, 15) is 9.59 Å². The van der Waals surface area contributed by atoms with Crippen LogP contribution in [-0.2, 0) is 19.0 Å². The molecule has 0 saturated carbocycles. The lowest BCUT2D eigenvalue weighted by atomic mass is 10.1. The van der Waals surface area contributed by atoms with Gasteiger partial charge in [0.1, 0.15) is 11.4 Å². The Kier molecular flexibility index (Phi) is 6.19. The van der Waals surface area contributed by atoms with Gasteiger partial charge in [-0.1, -0.05) is 36.4 Å². The van der Waals surface area contributed by atoms with E-state index in [4.69, 9.17) is 16.7 Å². The van der Waals surface area contributed by atoms with Gasteiger partial charge in [0.2, 0.25) is 0 Å². The maximum Gasteiger partial charge on any atom is 0.335 e. The van der Waals surface area contributed by atoms with Gasteiger partial charge in [0.25, 0.3) is 5.91 Å². The minimum atomic E-state index is -0.976. The van der Waals surface area contributed by atoms with E-state index in [2.05, 4.69) is 27.4 Å². The molecule has 8 heteroatoms. The first kappa shape index (κ1) is 21.9. The van der Waals surface area contributed by atoms with Crippen LogP contribution in [0, 0.1) is 6.92 Å². The fraction of sp³-hybridized carbons (Fsp3) is 0.292. The fourth-order valence-electron chi connectivity index (χ4n) is 4.09. The Hall–Kier alpha value is -3.32. The summed E-state index contributed by atoms with van der Waals surface area (Å²) in [6, 6.07) is 14.4. The van der Waals surface area contributed by atoms with Crippen molar-refractivity contribution in [2.75, 3.05) is 11.4 Å². The van der Waals surface area contributed by atoms with E-state index in [0.29, 0.717) is 23.7 Å². The standard InChI is InChI=1S/C24H25ClN4O3/c1-15(19-6-8-20(9-7-19)24(31)32)26-22(30)21-16(2)27-29-11-10-28(23(21)29)14-18-5-3-4-17(12-18)13-25/h3-9,12,15H,10-11,13-14H2,1-2H3,(H,26,30)(H,31,32)/t15-/m0/s1. The lowest BCUT2D eigenvalue weighted by Crippen LogP contribution is -2.29. The number of nitrogens with zero attached hydrogens (tertiary/aromatic N) is 3. The molecule has 0 saturated heterocycles. The summed E-state index contributed by atoms with van der Waals surface area (Å²) in [5.41, 5.74) is 4.50. The highest BCUT2D eigenvalue weighted by Crippen LogP contribution is 2.30. The van der Waals surface area contributed by atoms with Crippen LogP contribution in [0.15, 0.2) is 48.5 Å². The molecule has 1 aromatic heterocycles. The Morgan fingerprint density at radius 1 is 1.16 bits per heavy atom. The molecule has 2 N–H and O–H groups in total. The van der Waals surface area contributed by atoms with Crippen molar-refractivity contribution >= 4 is 29.3 Å². The van der Waals surface area contributed by atoms with Crippen LogP contribution in [0.3, 0.4) is 0 Å². The summed E-state index contributed by atoms with van der Waals surface area (Å²) in [5.74, 6) is 0.116. The topological polar surface area (TPSA) is 87.5 Å². The molecule has 1 aliphatic rings. The van der Waals surface area contributed by atoms with E-state index >= 15 is 0 Å². The van der Waals surface area contributed by atoms with E-state index < -0.39 is 5.97 Å². The molecule has 166 valence electrons. The average Bonchev–Trinajstić information content (AvgIpc) is 3.31. The number of benzene rings is 2. The third kappa shape index (κ3) is 4.34. The first-order valence-corrected chi connectivity index (χ1v) is 11.0. The normalized spacial score (nSPS) is 13.7. The predicted octanol–water partition coefficient (Wildman–Crippen LogP) is 4.14. The number of fused-ring (bicyclic) bond motifs is 1. The van der Waals surface area contributed by atoms with E-state index in [-0.39, 0.29) is 17.5 Å². The van der Waals surface area contributed by atoms with Crippen LogP contribution in [0.25, 0.3) is 0 Å². The Morgan fingerprint density at radius 2 is 1.88 bits per heavy atom. The summed E-state index contributed by atoms with van der Waals surface area (Å²) in [6.45, 7) is 5.90. The second-order valence-electron chi connectivity index (χ2n) is 8.00. The summed E-state index contributed by atoms with van der Waals surface area (Å²) < 4.78 is 1.89. The minimum Gasteiger partial charge on any atom is -0.478 e. The molecule has 32 heavy (non-hydrogen) atoms. The fourth-order valence-corrected chi connectivity index (χ4v) is 4.25.